The molecule has 2 aromatic rings. The maximum atomic E-state index is 6.12. The summed E-state index contributed by atoms with van der Waals surface area (Å²) in [4.78, 5) is 0. The highest BCUT2D eigenvalue weighted by Crippen LogP contribution is 2.36. The third-order valence-corrected chi connectivity index (χ3v) is 3.89. The standard InChI is InChI=1S/C12H11Cl2NO2S/c1-16-12(18-2)10-6-9(15-17-10)11-7(13)4-3-5-8(11)14/h3-6,12H,1-2H3. The smallest absolute Gasteiger partial charge is 0.176 e. The number of rotatable bonds is 4. The van der Waals surface area contributed by atoms with Gasteiger partial charge in [-0.15, -0.1) is 11.8 Å². The van der Waals surface area contributed by atoms with E-state index in [0.29, 0.717) is 27.1 Å². The van der Waals surface area contributed by atoms with E-state index in [4.69, 9.17) is 32.5 Å². The molecule has 0 saturated heterocycles. The first-order valence-corrected chi connectivity index (χ1v) is 7.18. The first-order chi connectivity index (χ1) is 8.67. The molecule has 0 aliphatic rings. The van der Waals surface area contributed by atoms with Crippen molar-refractivity contribution in [3.05, 3.63) is 40.1 Å². The molecule has 0 saturated carbocycles. The Hall–Kier alpha value is -0.680. The number of halogens is 2. The molecule has 0 aliphatic carbocycles. The highest BCUT2D eigenvalue weighted by Gasteiger charge is 2.18. The number of aromatic nitrogens is 1. The summed E-state index contributed by atoms with van der Waals surface area (Å²) < 4.78 is 10.5. The molecule has 0 fully saturated rings. The summed E-state index contributed by atoms with van der Waals surface area (Å²) in [6, 6.07) is 7.10. The fourth-order valence-electron chi connectivity index (χ4n) is 1.59. The lowest BCUT2D eigenvalue weighted by molar-refractivity contribution is 0.147. The molecule has 1 atom stereocenters. The van der Waals surface area contributed by atoms with Gasteiger partial charge in [-0.3, -0.25) is 0 Å². The lowest BCUT2D eigenvalue weighted by Gasteiger charge is -2.06. The quantitative estimate of drug-likeness (QED) is 0.770. The average Bonchev–Trinajstić information content (AvgIpc) is 2.80. The van der Waals surface area contributed by atoms with Gasteiger partial charge in [-0.05, 0) is 18.4 Å². The van der Waals surface area contributed by atoms with Crippen LogP contribution in [0, 0.1) is 0 Å². The Labute approximate surface area is 119 Å². The Morgan fingerprint density at radius 1 is 1.33 bits per heavy atom. The van der Waals surface area contributed by atoms with E-state index < -0.39 is 0 Å². The fourth-order valence-corrected chi connectivity index (χ4v) is 2.72. The predicted molar refractivity (Wildman–Crippen MR) is 75.2 cm³/mol. The zero-order chi connectivity index (χ0) is 13.1. The van der Waals surface area contributed by atoms with Crippen LogP contribution >= 0.6 is 35.0 Å². The van der Waals surface area contributed by atoms with Gasteiger partial charge < -0.3 is 9.26 Å². The van der Waals surface area contributed by atoms with Crippen LogP contribution in [0.15, 0.2) is 28.8 Å². The minimum absolute atomic E-state index is 0.187. The van der Waals surface area contributed by atoms with Gasteiger partial charge in [0.05, 0.1) is 10.0 Å². The first kappa shape index (κ1) is 13.7. The van der Waals surface area contributed by atoms with Crippen LogP contribution in [0.1, 0.15) is 11.2 Å². The molecule has 3 nitrogen and oxygen atoms in total. The maximum Gasteiger partial charge on any atom is 0.176 e. The highest BCUT2D eigenvalue weighted by atomic mass is 35.5. The van der Waals surface area contributed by atoms with Gasteiger partial charge in [-0.1, -0.05) is 34.4 Å². The Balaban J connectivity index is 2.41. The Kier molecular flexibility index (Phi) is 4.56. The first-order valence-electron chi connectivity index (χ1n) is 5.14. The van der Waals surface area contributed by atoms with Gasteiger partial charge in [0.2, 0.25) is 0 Å². The van der Waals surface area contributed by atoms with Crippen molar-refractivity contribution in [2.75, 3.05) is 13.4 Å². The Morgan fingerprint density at radius 2 is 2.00 bits per heavy atom. The molecule has 1 aromatic carbocycles. The summed E-state index contributed by atoms with van der Waals surface area (Å²) in [6.45, 7) is 0. The Bertz CT molecular complexity index is 520. The molecule has 0 spiro atoms. The van der Waals surface area contributed by atoms with Crippen molar-refractivity contribution in [1.82, 2.24) is 5.16 Å². The SMILES string of the molecule is COC(SC)c1cc(-c2c(Cl)cccc2Cl)no1. The van der Waals surface area contributed by atoms with Crippen LogP contribution in [0.5, 0.6) is 0 Å². The van der Waals surface area contributed by atoms with Crippen LogP contribution in [0.25, 0.3) is 11.3 Å². The molecule has 2 rings (SSSR count). The third-order valence-electron chi connectivity index (χ3n) is 2.41. The molecule has 6 heteroatoms. The fraction of sp³-hybridized carbons (Fsp3) is 0.250. The maximum absolute atomic E-state index is 6.12. The number of thioether (sulfide) groups is 1. The van der Waals surface area contributed by atoms with Crippen LogP contribution in [-0.4, -0.2) is 18.5 Å². The van der Waals surface area contributed by atoms with E-state index >= 15 is 0 Å². The minimum atomic E-state index is -0.187. The van der Waals surface area contributed by atoms with Gasteiger partial charge in [0, 0.05) is 18.7 Å². The molecule has 1 aromatic heterocycles. The van der Waals surface area contributed by atoms with Crippen molar-refractivity contribution in [1.29, 1.82) is 0 Å². The number of hydrogen-bond donors (Lipinski definition) is 0. The van der Waals surface area contributed by atoms with Crippen LogP contribution < -0.4 is 0 Å². The molecular formula is C12H11Cl2NO2S. The summed E-state index contributed by atoms with van der Waals surface area (Å²) in [5, 5.41) is 5.07. The number of hydrogen-bond acceptors (Lipinski definition) is 4. The normalized spacial score (nSPS) is 12.7. The van der Waals surface area contributed by atoms with Gasteiger partial charge in [0.25, 0.3) is 0 Å². The van der Waals surface area contributed by atoms with Crippen molar-refractivity contribution in [3.63, 3.8) is 0 Å². The number of ether oxygens (including phenoxy) is 1. The van der Waals surface area contributed by atoms with E-state index in [1.54, 1.807) is 31.4 Å². The summed E-state index contributed by atoms with van der Waals surface area (Å²) in [7, 11) is 1.62. The summed E-state index contributed by atoms with van der Waals surface area (Å²) in [5.74, 6) is 0.635. The molecule has 0 amide bonds. The van der Waals surface area contributed by atoms with E-state index in [2.05, 4.69) is 5.16 Å². The van der Waals surface area contributed by atoms with Crippen molar-refractivity contribution in [2.24, 2.45) is 0 Å². The van der Waals surface area contributed by atoms with Crippen molar-refractivity contribution in [3.8, 4) is 11.3 Å². The average molecular weight is 304 g/mol. The summed E-state index contributed by atoms with van der Waals surface area (Å²) >= 11 is 13.8. The number of nitrogens with zero attached hydrogens (tertiary/aromatic N) is 1. The Morgan fingerprint density at radius 3 is 2.56 bits per heavy atom. The molecular weight excluding hydrogens is 293 g/mol. The van der Waals surface area contributed by atoms with Gasteiger partial charge in [-0.25, -0.2) is 0 Å². The monoisotopic (exact) mass is 303 g/mol. The lowest BCUT2D eigenvalue weighted by atomic mass is 10.1. The zero-order valence-corrected chi connectivity index (χ0v) is 12.1. The predicted octanol–water partition coefficient (Wildman–Crippen LogP) is 4.66. The van der Waals surface area contributed by atoms with Crippen LogP contribution in [0.2, 0.25) is 10.0 Å². The van der Waals surface area contributed by atoms with Gasteiger partial charge in [0.1, 0.15) is 5.69 Å². The van der Waals surface area contributed by atoms with Gasteiger partial charge >= 0.3 is 0 Å². The van der Waals surface area contributed by atoms with Crippen LogP contribution in [0.4, 0.5) is 0 Å². The summed E-state index contributed by atoms with van der Waals surface area (Å²) in [5.41, 5.74) is 1.09. The lowest BCUT2D eigenvalue weighted by Crippen LogP contribution is -1.92. The van der Waals surface area contributed by atoms with Crippen molar-refractivity contribution < 1.29 is 9.26 Å². The second-order valence-electron chi connectivity index (χ2n) is 3.51. The van der Waals surface area contributed by atoms with E-state index in [9.17, 15) is 0 Å². The minimum Gasteiger partial charge on any atom is -0.363 e. The zero-order valence-electron chi connectivity index (χ0n) is 9.81. The van der Waals surface area contributed by atoms with E-state index in [1.165, 1.54) is 11.8 Å². The van der Waals surface area contributed by atoms with Crippen molar-refractivity contribution >= 4 is 35.0 Å². The second kappa shape index (κ2) is 5.97. The van der Waals surface area contributed by atoms with Crippen LogP contribution in [-0.2, 0) is 4.74 Å². The highest BCUT2D eigenvalue weighted by molar-refractivity contribution is 7.98. The molecule has 0 N–H and O–H groups in total. The molecule has 0 radical (unpaired) electrons. The molecule has 0 bridgehead atoms. The largest absolute Gasteiger partial charge is 0.363 e. The summed E-state index contributed by atoms with van der Waals surface area (Å²) in [6.07, 6.45) is 1.93. The van der Waals surface area contributed by atoms with E-state index in [1.807, 2.05) is 6.26 Å². The van der Waals surface area contributed by atoms with Gasteiger partial charge in [-0.2, -0.15) is 0 Å². The molecule has 18 heavy (non-hydrogen) atoms. The van der Waals surface area contributed by atoms with Crippen molar-refractivity contribution in [2.45, 2.75) is 5.44 Å². The molecule has 96 valence electrons. The van der Waals surface area contributed by atoms with E-state index in [0.717, 1.165) is 0 Å². The number of benzene rings is 1. The van der Waals surface area contributed by atoms with Crippen LogP contribution in [0.3, 0.4) is 0 Å². The molecule has 1 heterocycles. The molecule has 1 unspecified atom stereocenters. The van der Waals surface area contributed by atoms with Gasteiger partial charge in [0.15, 0.2) is 11.2 Å². The van der Waals surface area contributed by atoms with E-state index in [-0.39, 0.29) is 5.44 Å². The second-order valence-corrected chi connectivity index (χ2v) is 5.23. The third kappa shape index (κ3) is 2.67. The topological polar surface area (TPSA) is 35.3 Å². The molecule has 0 aliphatic heterocycles. The number of methoxy groups -OCH3 is 1.